The maximum atomic E-state index is 9.72. The molecule has 3 aromatic rings. The first kappa shape index (κ1) is 14.0. The van der Waals surface area contributed by atoms with Gasteiger partial charge in [0.05, 0.1) is 16.4 Å². The van der Waals surface area contributed by atoms with Gasteiger partial charge in [-0.15, -0.1) is 0 Å². The number of fused-ring (bicyclic) bond motifs is 1. The van der Waals surface area contributed by atoms with E-state index in [1.807, 2.05) is 12.1 Å². The molecule has 0 amide bonds. The molecule has 0 unspecified atom stereocenters. The number of hydrazone groups is 1. The van der Waals surface area contributed by atoms with Crippen molar-refractivity contribution in [2.45, 2.75) is 6.92 Å². The highest BCUT2D eigenvalue weighted by molar-refractivity contribution is 9.10. The van der Waals surface area contributed by atoms with E-state index in [2.05, 4.69) is 44.4 Å². The Bertz CT molecular complexity index is 829. The molecule has 2 N–H and O–H groups in total. The van der Waals surface area contributed by atoms with Crippen molar-refractivity contribution in [2.75, 3.05) is 5.43 Å². The number of nitrogens with zero attached hydrogens (tertiary/aromatic N) is 2. The van der Waals surface area contributed by atoms with E-state index in [0.29, 0.717) is 5.56 Å². The Labute approximate surface area is 134 Å². The summed E-state index contributed by atoms with van der Waals surface area (Å²) in [6, 6.07) is 11.3. The van der Waals surface area contributed by atoms with Crippen LogP contribution in [-0.2, 0) is 0 Å². The van der Waals surface area contributed by atoms with Crippen molar-refractivity contribution < 1.29 is 5.11 Å². The maximum absolute atomic E-state index is 9.72. The van der Waals surface area contributed by atoms with E-state index in [-0.39, 0.29) is 5.75 Å². The van der Waals surface area contributed by atoms with Gasteiger partial charge in [0.25, 0.3) is 0 Å². The van der Waals surface area contributed by atoms with Crippen molar-refractivity contribution in [3.63, 3.8) is 0 Å². The van der Waals surface area contributed by atoms with Crippen LogP contribution in [0.1, 0.15) is 11.1 Å². The van der Waals surface area contributed by atoms with Crippen molar-refractivity contribution in [2.24, 2.45) is 5.10 Å². The summed E-state index contributed by atoms with van der Waals surface area (Å²) in [5.41, 5.74) is 5.69. The molecule has 0 fully saturated rings. The van der Waals surface area contributed by atoms with Gasteiger partial charge in [0, 0.05) is 10.0 Å². The van der Waals surface area contributed by atoms with Gasteiger partial charge in [-0.3, -0.25) is 5.43 Å². The molecule has 0 aliphatic heterocycles. The fourth-order valence-electron chi connectivity index (χ4n) is 1.87. The summed E-state index contributed by atoms with van der Waals surface area (Å²) in [6.45, 7) is 2.06. The lowest BCUT2D eigenvalue weighted by atomic mass is 10.2. The zero-order valence-corrected chi connectivity index (χ0v) is 13.6. The summed E-state index contributed by atoms with van der Waals surface area (Å²) in [5, 5.41) is 14.6. The van der Waals surface area contributed by atoms with Gasteiger partial charge >= 0.3 is 0 Å². The van der Waals surface area contributed by atoms with E-state index in [9.17, 15) is 5.11 Å². The normalized spacial score (nSPS) is 11.3. The predicted molar refractivity (Wildman–Crippen MR) is 91.4 cm³/mol. The number of hydrogen-bond acceptors (Lipinski definition) is 5. The molecule has 0 spiro atoms. The van der Waals surface area contributed by atoms with Gasteiger partial charge < -0.3 is 5.11 Å². The van der Waals surface area contributed by atoms with Crippen molar-refractivity contribution in [1.29, 1.82) is 0 Å². The van der Waals surface area contributed by atoms with Crippen molar-refractivity contribution in [3.05, 3.63) is 52.0 Å². The first-order valence-corrected chi connectivity index (χ1v) is 7.87. The third kappa shape index (κ3) is 3.22. The van der Waals surface area contributed by atoms with Crippen LogP contribution in [0.3, 0.4) is 0 Å². The molecule has 1 aromatic heterocycles. The summed E-state index contributed by atoms with van der Waals surface area (Å²) in [6.07, 6.45) is 1.57. The Morgan fingerprint density at radius 1 is 1.29 bits per heavy atom. The van der Waals surface area contributed by atoms with Gasteiger partial charge in [0.1, 0.15) is 5.75 Å². The zero-order chi connectivity index (χ0) is 14.8. The van der Waals surface area contributed by atoms with Crippen molar-refractivity contribution >= 4 is 48.8 Å². The second-order valence-corrected chi connectivity index (χ2v) is 6.51. The van der Waals surface area contributed by atoms with Crippen LogP contribution in [0, 0.1) is 6.92 Å². The molecule has 6 heteroatoms. The number of phenols is 1. The van der Waals surface area contributed by atoms with Crippen LogP contribution in [0.4, 0.5) is 5.13 Å². The minimum atomic E-state index is 0.184. The summed E-state index contributed by atoms with van der Waals surface area (Å²) in [4.78, 5) is 4.45. The van der Waals surface area contributed by atoms with Gasteiger partial charge in [-0.2, -0.15) is 5.10 Å². The second kappa shape index (κ2) is 5.83. The SMILES string of the molecule is Cc1ccc2nc(N/N=C\c3cc(Br)ccc3O)sc2c1. The van der Waals surface area contributed by atoms with Crippen LogP contribution in [-0.4, -0.2) is 16.3 Å². The number of nitrogens with one attached hydrogen (secondary N) is 1. The average Bonchev–Trinajstić information content (AvgIpc) is 2.84. The number of thiazole rings is 1. The van der Waals surface area contributed by atoms with Gasteiger partial charge in [-0.05, 0) is 42.8 Å². The van der Waals surface area contributed by atoms with Crippen LogP contribution < -0.4 is 5.43 Å². The van der Waals surface area contributed by atoms with Crippen molar-refractivity contribution in [1.82, 2.24) is 4.98 Å². The smallest absolute Gasteiger partial charge is 0.204 e. The molecule has 0 saturated carbocycles. The minimum absolute atomic E-state index is 0.184. The number of aryl methyl sites for hydroxylation is 1. The van der Waals surface area contributed by atoms with Gasteiger partial charge in [0.2, 0.25) is 5.13 Å². The lowest BCUT2D eigenvalue weighted by Gasteiger charge is -1.99. The molecule has 0 bridgehead atoms. The number of benzene rings is 2. The largest absolute Gasteiger partial charge is 0.507 e. The molecule has 0 saturated heterocycles. The van der Waals surface area contributed by atoms with Gasteiger partial charge in [-0.1, -0.05) is 33.3 Å². The predicted octanol–water partition coefficient (Wildman–Crippen LogP) is 4.52. The highest BCUT2D eigenvalue weighted by atomic mass is 79.9. The highest BCUT2D eigenvalue weighted by Gasteiger charge is 2.03. The Kier molecular flexibility index (Phi) is 3.90. The Balaban J connectivity index is 1.79. The number of rotatable bonds is 3. The molecular weight excluding hydrogens is 350 g/mol. The third-order valence-electron chi connectivity index (χ3n) is 2.90. The number of phenolic OH excluding ortho intramolecular Hbond substituents is 1. The first-order chi connectivity index (χ1) is 10.1. The lowest BCUT2D eigenvalue weighted by Crippen LogP contribution is -1.90. The summed E-state index contributed by atoms with van der Waals surface area (Å²) >= 11 is 4.91. The van der Waals surface area contributed by atoms with E-state index in [0.717, 1.165) is 19.8 Å². The molecule has 2 aromatic carbocycles. The zero-order valence-electron chi connectivity index (χ0n) is 11.2. The second-order valence-electron chi connectivity index (χ2n) is 4.56. The van der Waals surface area contributed by atoms with E-state index >= 15 is 0 Å². The molecule has 21 heavy (non-hydrogen) atoms. The molecule has 1 heterocycles. The van der Waals surface area contributed by atoms with Crippen molar-refractivity contribution in [3.8, 4) is 5.75 Å². The van der Waals surface area contributed by atoms with Crippen LogP contribution in [0.5, 0.6) is 5.75 Å². The van der Waals surface area contributed by atoms with Crippen LogP contribution in [0.25, 0.3) is 10.2 Å². The summed E-state index contributed by atoms with van der Waals surface area (Å²) in [5.74, 6) is 0.184. The topological polar surface area (TPSA) is 57.5 Å². The minimum Gasteiger partial charge on any atom is -0.507 e. The number of aromatic hydroxyl groups is 1. The van der Waals surface area contributed by atoms with Crippen LogP contribution in [0.2, 0.25) is 0 Å². The lowest BCUT2D eigenvalue weighted by molar-refractivity contribution is 0.474. The quantitative estimate of drug-likeness (QED) is 0.532. The molecule has 106 valence electrons. The number of hydrogen-bond donors (Lipinski definition) is 2. The van der Waals surface area contributed by atoms with E-state index in [1.165, 1.54) is 5.56 Å². The monoisotopic (exact) mass is 361 g/mol. The third-order valence-corrected chi connectivity index (χ3v) is 4.31. The molecule has 4 nitrogen and oxygen atoms in total. The number of anilines is 1. The Hall–Kier alpha value is -1.92. The molecular formula is C15H12BrN3OS. The average molecular weight is 362 g/mol. The summed E-state index contributed by atoms with van der Waals surface area (Å²) < 4.78 is 2.01. The number of aromatic nitrogens is 1. The van der Waals surface area contributed by atoms with Crippen LogP contribution >= 0.6 is 27.3 Å². The molecule has 0 radical (unpaired) electrons. The van der Waals surface area contributed by atoms with Gasteiger partial charge in [0.15, 0.2) is 0 Å². The molecule has 0 aliphatic carbocycles. The fraction of sp³-hybridized carbons (Fsp3) is 0.0667. The molecule has 0 aliphatic rings. The summed E-state index contributed by atoms with van der Waals surface area (Å²) in [7, 11) is 0. The highest BCUT2D eigenvalue weighted by Crippen LogP contribution is 2.26. The van der Waals surface area contributed by atoms with Gasteiger partial charge in [-0.25, -0.2) is 4.98 Å². The standard InChI is InChI=1S/C15H12BrN3OS/c1-9-2-4-12-14(6-9)21-15(18-12)19-17-8-10-7-11(16)3-5-13(10)20/h2-8,20H,1H3,(H,18,19)/b17-8-. The van der Waals surface area contributed by atoms with E-state index in [4.69, 9.17) is 0 Å². The fourth-order valence-corrected chi connectivity index (χ4v) is 3.16. The Morgan fingerprint density at radius 3 is 3.00 bits per heavy atom. The van der Waals surface area contributed by atoms with E-state index < -0.39 is 0 Å². The Morgan fingerprint density at radius 2 is 2.14 bits per heavy atom. The molecule has 3 rings (SSSR count). The molecule has 0 atom stereocenters. The van der Waals surface area contributed by atoms with Crippen LogP contribution in [0.15, 0.2) is 46.0 Å². The first-order valence-electron chi connectivity index (χ1n) is 6.26. The van der Waals surface area contributed by atoms with E-state index in [1.54, 1.807) is 35.8 Å². The number of halogens is 1. The maximum Gasteiger partial charge on any atom is 0.204 e.